The molecule has 2 aliphatic heterocycles. The van der Waals surface area contributed by atoms with Crippen molar-refractivity contribution in [2.75, 3.05) is 24.0 Å². The van der Waals surface area contributed by atoms with Gasteiger partial charge in [-0.2, -0.15) is 0 Å². The number of hydrogen-bond acceptors (Lipinski definition) is 6. The van der Waals surface area contributed by atoms with Gasteiger partial charge in [-0.05, 0) is 37.1 Å². The molecule has 4 rings (SSSR count). The summed E-state index contributed by atoms with van der Waals surface area (Å²) >= 11 is 0. The molecular weight excluding hydrogens is 310 g/mol. The van der Waals surface area contributed by atoms with Crippen LogP contribution in [0.5, 0.6) is 11.5 Å². The van der Waals surface area contributed by atoms with Crippen molar-refractivity contribution in [1.82, 2.24) is 4.98 Å². The Balaban J connectivity index is 1.39. The number of nitrogens with one attached hydrogen (secondary N) is 2. The molecular formula is C17H17N3O4. The van der Waals surface area contributed by atoms with Crippen molar-refractivity contribution in [3.8, 4) is 11.5 Å². The Morgan fingerprint density at radius 3 is 2.79 bits per heavy atom. The van der Waals surface area contributed by atoms with E-state index >= 15 is 0 Å². The lowest BCUT2D eigenvalue weighted by Crippen LogP contribution is -2.26. The summed E-state index contributed by atoms with van der Waals surface area (Å²) in [5, 5.41) is 6.00. The molecule has 1 unspecified atom stereocenters. The molecule has 1 atom stereocenters. The maximum absolute atomic E-state index is 12.0. The first-order chi connectivity index (χ1) is 11.8. The van der Waals surface area contributed by atoms with Gasteiger partial charge in [0.2, 0.25) is 6.79 Å². The Hall–Kier alpha value is -2.80. The smallest absolute Gasteiger partial charge is 0.253 e. The number of benzene rings is 1. The zero-order valence-electron chi connectivity index (χ0n) is 13.0. The molecule has 0 aliphatic carbocycles. The molecule has 24 heavy (non-hydrogen) atoms. The van der Waals surface area contributed by atoms with Crippen LogP contribution in [0.3, 0.4) is 0 Å². The SMILES string of the molecule is O=C(Nc1ccc(Nc2ccc3c(c2)OCO3)nc1)C1CCCO1. The highest BCUT2D eigenvalue weighted by Crippen LogP contribution is 2.34. The van der Waals surface area contributed by atoms with Crippen LogP contribution in [-0.4, -0.2) is 30.4 Å². The number of amides is 1. The number of aromatic nitrogens is 1. The highest BCUT2D eigenvalue weighted by molar-refractivity contribution is 5.94. The fraction of sp³-hybridized carbons (Fsp3) is 0.294. The zero-order valence-corrected chi connectivity index (χ0v) is 13.0. The molecule has 2 N–H and O–H groups in total. The Bertz CT molecular complexity index is 742. The number of pyridine rings is 1. The minimum absolute atomic E-state index is 0.120. The Kier molecular flexibility index (Phi) is 3.92. The van der Waals surface area contributed by atoms with Crippen molar-refractivity contribution in [3.05, 3.63) is 36.5 Å². The Morgan fingerprint density at radius 2 is 2.00 bits per heavy atom. The predicted molar refractivity (Wildman–Crippen MR) is 87.7 cm³/mol. The van der Waals surface area contributed by atoms with E-state index in [4.69, 9.17) is 14.2 Å². The van der Waals surface area contributed by atoms with Crippen molar-refractivity contribution in [1.29, 1.82) is 0 Å². The van der Waals surface area contributed by atoms with Crippen LogP contribution in [-0.2, 0) is 9.53 Å². The van der Waals surface area contributed by atoms with Gasteiger partial charge in [-0.25, -0.2) is 4.98 Å². The van der Waals surface area contributed by atoms with E-state index in [9.17, 15) is 4.79 Å². The minimum Gasteiger partial charge on any atom is -0.454 e. The van der Waals surface area contributed by atoms with E-state index < -0.39 is 0 Å². The van der Waals surface area contributed by atoms with E-state index in [0.717, 1.165) is 24.3 Å². The van der Waals surface area contributed by atoms with Gasteiger partial charge in [0, 0.05) is 18.4 Å². The Morgan fingerprint density at radius 1 is 1.12 bits per heavy atom. The summed E-state index contributed by atoms with van der Waals surface area (Å²) in [6.07, 6.45) is 2.95. The molecule has 1 aromatic carbocycles. The number of nitrogens with zero attached hydrogens (tertiary/aromatic N) is 1. The molecule has 7 heteroatoms. The number of hydrogen-bond donors (Lipinski definition) is 2. The maximum Gasteiger partial charge on any atom is 0.253 e. The van der Waals surface area contributed by atoms with E-state index in [1.807, 2.05) is 18.2 Å². The molecule has 1 aromatic heterocycles. The molecule has 1 fully saturated rings. The van der Waals surface area contributed by atoms with Gasteiger partial charge in [0.05, 0.1) is 11.9 Å². The van der Waals surface area contributed by atoms with E-state index in [2.05, 4.69) is 15.6 Å². The summed E-state index contributed by atoms with van der Waals surface area (Å²) in [6, 6.07) is 9.20. The molecule has 1 amide bonds. The summed E-state index contributed by atoms with van der Waals surface area (Å²) in [6.45, 7) is 0.894. The fourth-order valence-electron chi connectivity index (χ4n) is 2.67. The lowest BCUT2D eigenvalue weighted by atomic mass is 10.2. The van der Waals surface area contributed by atoms with Gasteiger partial charge in [0.25, 0.3) is 5.91 Å². The lowest BCUT2D eigenvalue weighted by molar-refractivity contribution is -0.124. The van der Waals surface area contributed by atoms with Gasteiger partial charge in [0.15, 0.2) is 11.5 Å². The number of carbonyl (C=O) groups is 1. The van der Waals surface area contributed by atoms with Gasteiger partial charge in [0.1, 0.15) is 11.9 Å². The van der Waals surface area contributed by atoms with E-state index in [1.165, 1.54) is 0 Å². The zero-order chi connectivity index (χ0) is 16.4. The number of ether oxygens (including phenoxy) is 3. The van der Waals surface area contributed by atoms with Gasteiger partial charge < -0.3 is 24.8 Å². The van der Waals surface area contributed by atoms with Crippen molar-refractivity contribution < 1.29 is 19.0 Å². The summed E-state index contributed by atoms with van der Waals surface area (Å²) in [5.41, 5.74) is 1.50. The average molecular weight is 327 g/mol. The van der Waals surface area contributed by atoms with Gasteiger partial charge in [-0.3, -0.25) is 4.79 Å². The van der Waals surface area contributed by atoms with Crippen molar-refractivity contribution in [3.63, 3.8) is 0 Å². The van der Waals surface area contributed by atoms with Gasteiger partial charge in [-0.1, -0.05) is 0 Å². The fourth-order valence-corrected chi connectivity index (χ4v) is 2.67. The first-order valence-electron chi connectivity index (χ1n) is 7.83. The van der Waals surface area contributed by atoms with Crippen LogP contribution in [0.4, 0.5) is 17.2 Å². The Labute approximate surface area is 138 Å². The maximum atomic E-state index is 12.0. The number of fused-ring (bicyclic) bond motifs is 1. The molecule has 2 aromatic rings. The normalized spacial score (nSPS) is 18.4. The van der Waals surface area contributed by atoms with Gasteiger partial charge in [-0.15, -0.1) is 0 Å². The third kappa shape index (κ3) is 3.11. The number of carbonyl (C=O) groups excluding carboxylic acids is 1. The summed E-state index contributed by atoms with van der Waals surface area (Å²) in [7, 11) is 0. The number of rotatable bonds is 4. The highest BCUT2D eigenvalue weighted by Gasteiger charge is 2.23. The van der Waals surface area contributed by atoms with Crippen LogP contribution < -0.4 is 20.1 Å². The highest BCUT2D eigenvalue weighted by atomic mass is 16.7. The first kappa shape index (κ1) is 14.8. The van der Waals surface area contributed by atoms with E-state index in [0.29, 0.717) is 23.9 Å². The molecule has 2 aliphatic rings. The van der Waals surface area contributed by atoms with Crippen LogP contribution >= 0.6 is 0 Å². The van der Waals surface area contributed by atoms with Crippen LogP contribution in [0, 0.1) is 0 Å². The van der Waals surface area contributed by atoms with Gasteiger partial charge >= 0.3 is 0 Å². The molecule has 0 saturated carbocycles. The quantitative estimate of drug-likeness (QED) is 0.898. The van der Waals surface area contributed by atoms with Crippen LogP contribution in [0.25, 0.3) is 0 Å². The summed E-state index contributed by atoms with van der Waals surface area (Å²) < 4.78 is 16.0. The van der Waals surface area contributed by atoms with E-state index in [-0.39, 0.29) is 18.8 Å². The topological polar surface area (TPSA) is 81.7 Å². The first-order valence-corrected chi connectivity index (χ1v) is 7.83. The molecule has 7 nitrogen and oxygen atoms in total. The van der Waals surface area contributed by atoms with Crippen molar-refractivity contribution >= 4 is 23.1 Å². The molecule has 3 heterocycles. The molecule has 0 bridgehead atoms. The average Bonchev–Trinajstić information content (AvgIpc) is 3.27. The second-order valence-corrected chi connectivity index (χ2v) is 5.62. The summed E-state index contributed by atoms with van der Waals surface area (Å²) in [5.74, 6) is 2.00. The van der Waals surface area contributed by atoms with Crippen molar-refractivity contribution in [2.24, 2.45) is 0 Å². The number of anilines is 3. The molecule has 124 valence electrons. The molecule has 0 radical (unpaired) electrons. The van der Waals surface area contributed by atoms with Crippen LogP contribution in [0.1, 0.15) is 12.8 Å². The third-order valence-corrected chi connectivity index (χ3v) is 3.90. The second kappa shape index (κ2) is 6.37. The van der Waals surface area contributed by atoms with E-state index in [1.54, 1.807) is 18.3 Å². The van der Waals surface area contributed by atoms with Crippen molar-refractivity contribution in [2.45, 2.75) is 18.9 Å². The molecule has 0 spiro atoms. The largest absolute Gasteiger partial charge is 0.454 e. The lowest BCUT2D eigenvalue weighted by Gasteiger charge is -2.11. The van der Waals surface area contributed by atoms with Crippen LogP contribution in [0.2, 0.25) is 0 Å². The summed E-state index contributed by atoms with van der Waals surface area (Å²) in [4.78, 5) is 16.3. The molecule has 1 saturated heterocycles. The van der Waals surface area contributed by atoms with Crippen LogP contribution in [0.15, 0.2) is 36.5 Å². The second-order valence-electron chi connectivity index (χ2n) is 5.62. The monoisotopic (exact) mass is 327 g/mol. The standard InChI is InChI=1S/C17H17N3O4/c21-17(14-2-1-7-22-14)20-12-4-6-16(18-9-12)19-11-3-5-13-15(8-11)24-10-23-13/h3-6,8-9,14H,1-2,7,10H2,(H,18,19)(H,20,21). The minimum atomic E-state index is -0.351. The third-order valence-electron chi connectivity index (χ3n) is 3.90. The predicted octanol–water partition coefficient (Wildman–Crippen LogP) is 2.67.